The Kier molecular flexibility index (Phi) is 2.31. The summed E-state index contributed by atoms with van der Waals surface area (Å²) in [5.41, 5.74) is 0.829. The smallest absolute Gasteiger partial charge is 0.202 e. The molecule has 72 valence electrons. The first kappa shape index (κ1) is 8.94. The summed E-state index contributed by atoms with van der Waals surface area (Å²) in [5.74, 6) is 0.0529. The summed E-state index contributed by atoms with van der Waals surface area (Å²) in [6.07, 6.45) is 0.987. The Hall–Kier alpha value is -1.64. The lowest BCUT2D eigenvalue weighted by atomic mass is 9.90. The van der Waals surface area contributed by atoms with E-state index in [0.717, 1.165) is 11.3 Å². The normalized spacial score (nSPS) is 19.3. The summed E-state index contributed by atoms with van der Waals surface area (Å²) >= 11 is 0. The molecule has 0 aromatic heterocycles. The van der Waals surface area contributed by atoms with E-state index < -0.39 is 0 Å². The van der Waals surface area contributed by atoms with Crippen LogP contribution in [0.5, 0.6) is 5.75 Å². The Morgan fingerprint density at radius 3 is 3.00 bits per heavy atom. The van der Waals surface area contributed by atoms with Crippen LogP contribution in [0.1, 0.15) is 17.9 Å². The number of ketones is 1. The molecule has 0 N–H and O–H groups in total. The summed E-state index contributed by atoms with van der Waals surface area (Å²) in [6, 6.07) is 7.35. The number of para-hydroxylation sites is 1. The quantitative estimate of drug-likeness (QED) is 0.521. The van der Waals surface area contributed by atoms with Crippen LogP contribution < -0.4 is 4.74 Å². The van der Waals surface area contributed by atoms with Crippen LogP contribution in [0, 0.1) is 0 Å². The topological polar surface area (TPSA) is 43.4 Å². The van der Waals surface area contributed by atoms with E-state index in [1.165, 1.54) is 0 Å². The third-order valence-corrected chi connectivity index (χ3v) is 2.42. The minimum absolute atomic E-state index is 0.308. The maximum Gasteiger partial charge on any atom is 0.202 e. The molecular formula is C11H10O3. The lowest BCUT2D eigenvalue weighted by Gasteiger charge is -2.23. The number of aldehydes is 1. The zero-order valence-electron chi connectivity index (χ0n) is 7.60. The van der Waals surface area contributed by atoms with E-state index in [2.05, 4.69) is 0 Å². The van der Waals surface area contributed by atoms with Crippen molar-refractivity contribution < 1.29 is 14.3 Å². The van der Waals surface area contributed by atoms with E-state index in [4.69, 9.17) is 4.74 Å². The van der Waals surface area contributed by atoms with E-state index in [1.807, 2.05) is 24.3 Å². The van der Waals surface area contributed by atoms with Crippen molar-refractivity contribution in [3.8, 4) is 5.75 Å². The number of carbonyl (C=O) groups excluding carboxylic acids is 2. The minimum atomic E-state index is -0.360. The SMILES string of the molecule is O=CC(=O)C1CCOc2ccccc21. The van der Waals surface area contributed by atoms with Gasteiger partial charge >= 0.3 is 0 Å². The van der Waals surface area contributed by atoms with Crippen LogP contribution in [0.4, 0.5) is 0 Å². The summed E-state index contributed by atoms with van der Waals surface area (Å²) in [5, 5.41) is 0. The first-order valence-electron chi connectivity index (χ1n) is 4.53. The molecule has 14 heavy (non-hydrogen) atoms. The number of hydrogen-bond donors (Lipinski definition) is 0. The van der Waals surface area contributed by atoms with Gasteiger partial charge in [-0.1, -0.05) is 18.2 Å². The predicted molar refractivity (Wildman–Crippen MR) is 50.4 cm³/mol. The molecule has 1 atom stereocenters. The van der Waals surface area contributed by atoms with Crippen molar-refractivity contribution in [1.82, 2.24) is 0 Å². The molecular weight excluding hydrogens is 180 g/mol. The van der Waals surface area contributed by atoms with Gasteiger partial charge in [-0.3, -0.25) is 9.59 Å². The molecule has 1 heterocycles. The van der Waals surface area contributed by atoms with Gasteiger partial charge in [0.1, 0.15) is 5.75 Å². The van der Waals surface area contributed by atoms with Crippen molar-refractivity contribution in [2.24, 2.45) is 0 Å². The van der Waals surface area contributed by atoms with Crippen LogP contribution >= 0.6 is 0 Å². The van der Waals surface area contributed by atoms with E-state index in [-0.39, 0.29) is 11.7 Å². The molecule has 1 aromatic rings. The molecule has 0 spiro atoms. The van der Waals surface area contributed by atoms with Gasteiger partial charge in [0.15, 0.2) is 6.29 Å². The molecule has 0 bridgehead atoms. The van der Waals surface area contributed by atoms with Crippen molar-refractivity contribution in [3.05, 3.63) is 29.8 Å². The van der Waals surface area contributed by atoms with Gasteiger partial charge in [0, 0.05) is 5.56 Å². The first-order chi connectivity index (χ1) is 6.83. The highest BCUT2D eigenvalue weighted by Crippen LogP contribution is 2.33. The number of Topliss-reactive ketones (excluding diaryl/α,β-unsaturated/α-hetero) is 1. The second-order valence-electron chi connectivity index (χ2n) is 3.25. The molecule has 3 heteroatoms. The highest BCUT2D eigenvalue weighted by atomic mass is 16.5. The maximum absolute atomic E-state index is 11.3. The Morgan fingerprint density at radius 1 is 1.43 bits per heavy atom. The van der Waals surface area contributed by atoms with Gasteiger partial charge in [0.2, 0.25) is 5.78 Å². The number of ether oxygens (including phenoxy) is 1. The second kappa shape index (κ2) is 3.62. The third-order valence-electron chi connectivity index (χ3n) is 2.42. The maximum atomic E-state index is 11.3. The van der Waals surface area contributed by atoms with Crippen LogP contribution in [0.2, 0.25) is 0 Å². The van der Waals surface area contributed by atoms with Crippen LogP contribution in [0.25, 0.3) is 0 Å². The molecule has 1 aliphatic rings. The number of fused-ring (bicyclic) bond motifs is 1. The Balaban J connectivity index is 2.40. The first-order valence-corrected chi connectivity index (χ1v) is 4.53. The highest BCUT2D eigenvalue weighted by Gasteiger charge is 2.26. The molecule has 1 unspecified atom stereocenters. The predicted octanol–water partition coefficient (Wildman–Crippen LogP) is 1.32. The summed E-state index contributed by atoms with van der Waals surface area (Å²) in [4.78, 5) is 21.7. The third kappa shape index (κ3) is 1.41. The molecule has 0 saturated carbocycles. The van der Waals surface area contributed by atoms with Crippen molar-refractivity contribution >= 4 is 12.1 Å². The fourth-order valence-corrected chi connectivity index (χ4v) is 1.72. The second-order valence-corrected chi connectivity index (χ2v) is 3.25. The van der Waals surface area contributed by atoms with Crippen molar-refractivity contribution in [2.75, 3.05) is 6.61 Å². The Labute approximate surface area is 81.7 Å². The van der Waals surface area contributed by atoms with Crippen molar-refractivity contribution in [1.29, 1.82) is 0 Å². The van der Waals surface area contributed by atoms with Gasteiger partial charge in [0.05, 0.1) is 12.5 Å². The van der Waals surface area contributed by atoms with Gasteiger partial charge in [-0.05, 0) is 12.5 Å². The summed E-state index contributed by atoms with van der Waals surface area (Å²) in [6.45, 7) is 0.501. The fraction of sp³-hybridized carbons (Fsp3) is 0.273. The van der Waals surface area contributed by atoms with Crippen molar-refractivity contribution in [3.63, 3.8) is 0 Å². The summed E-state index contributed by atoms with van der Waals surface area (Å²) < 4.78 is 5.38. The number of hydrogen-bond acceptors (Lipinski definition) is 3. The highest BCUT2D eigenvalue weighted by molar-refractivity contribution is 6.27. The largest absolute Gasteiger partial charge is 0.493 e. The lowest BCUT2D eigenvalue weighted by Crippen LogP contribution is -2.21. The molecule has 0 fully saturated rings. The average molecular weight is 190 g/mol. The molecule has 0 aliphatic carbocycles. The molecule has 2 rings (SSSR count). The molecule has 0 radical (unpaired) electrons. The van der Waals surface area contributed by atoms with Crippen LogP contribution in [0.3, 0.4) is 0 Å². The fourth-order valence-electron chi connectivity index (χ4n) is 1.72. The van der Waals surface area contributed by atoms with E-state index in [1.54, 1.807) is 0 Å². The minimum Gasteiger partial charge on any atom is -0.493 e. The van der Waals surface area contributed by atoms with Gasteiger partial charge in [-0.15, -0.1) is 0 Å². The average Bonchev–Trinajstić information content (AvgIpc) is 2.27. The number of carbonyl (C=O) groups is 2. The molecule has 0 saturated heterocycles. The van der Waals surface area contributed by atoms with E-state index in [0.29, 0.717) is 19.3 Å². The van der Waals surface area contributed by atoms with Gasteiger partial charge in [-0.25, -0.2) is 0 Å². The summed E-state index contributed by atoms with van der Waals surface area (Å²) in [7, 11) is 0. The van der Waals surface area contributed by atoms with Crippen LogP contribution in [0.15, 0.2) is 24.3 Å². The zero-order valence-corrected chi connectivity index (χ0v) is 7.60. The Morgan fingerprint density at radius 2 is 2.21 bits per heavy atom. The Bertz CT molecular complexity index is 371. The zero-order chi connectivity index (χ0) is 9.97. The molecule has 1 aromatic carbocycles. The molecule has 0 amide bonds. The molecule has 1 aliphatic heterocycles. The van der Waals surface area contributed by atoms with Gasteiger partial charge in [0.25, 0.3) is 0 Å². The van der Waals surface area contributed by atoms with Crippen LogP contribution in [-0.4, -0.2) is 18.7 Å². The molecule has 3 nitrogen and oxygen atoms in total. The van der Waals surface area contributed by atoms with Crippen molar-refractivity contribution in [2.45, 2.75) is 12.3 Å². The van der Waals surface area contributed by atoms with Crippen LogP contribution in [-0.2, 0) is 9.59 Å². The standard InChI is InChI=1S/C11H10O3/c12-7-10(13)8-5-6-14-11-4-2-1-3-9(8)11/h1-4,7-8H,5-6H2. The monoisotopic (exact) mass is 190 g/mol. The van der Waals surface area contributed by atoms with E-state index >= 15 is 0 Å². The van der Waals surface area contributed by atoms with Gasteiger partial charge < -0.3 is 4.74 Å². The van der Waals surface area contributed by atoms with Gasteiger partial charge in [-0.2, -0.15) is 0 Å². The lowest BCUT2D eigenvalue weighted by molar-refractivity contribution is -0.131. The number of rotatable bonds is 2. The van der Waals surface area contributed by atoms with E-state index in [9.17, 15) is 9.59 Å². The number of benzene rings is 1.